The molecule has 0 saturated carbocycles. The van der Waals surface area contributed by atoms with Gasteiger partial charge >= 0.3 is 0 Å². The fourth-order valence-electron chi connectivity index (χ4n) is 1.80. The van der Waals surface area contributed by atoms with Crippen LogP contribution in [0.1, 0.15) is 40.0 Å². The molecule has 0 radical (unpaired) electrons. The summed E-state index contributed by atoms with van der Waals surface area (Å²) in [7, 11) is 0. The molecule has 0 bridgehead atoms. The number of halogens is 1. The van der Waals surface area contributed by atoms with E-state index in [0.717, 1.165) is 19.3 Å². The lowest BCUT2D eigenvalue weighted by Crippen LogP contribution is -2.31. The maximum absolute atomic E-state index is 5.95. The van der Waals surface area contributed by atoms with E-state index in [1.807, 2.05) is 4.57 Å². The van der Waals surface area contributed by atoms with Crippen LogP contribution < -0.4 is 0 Å². The van der Waals surface area contributed by atoms with Crippen molar-refractivity contribution in [1.82, 2.24) is 14.8 Å². The van der Waals surface area contributed by atoms with Crippen LogP contribution in [-0.2, 0) is 5.54 Å². The normalized spacial score (nSPS) is 12.0. The van der Waals surface area contributed by atoms with Crippen molar-refractivity contribution in [3.8, 4) is 0 Å². The minimum atomic E-state index is 0.0978. The molecular weight excluding hydrogens is 186 g/mol. The molecule has 0 aliphatic heterocycles. The van der Waals surface area contributed by atoms with Crippen molar-refractivity contribution in [2.75, 3.05) is 0 Å². The van der Waals surface area contributed by atoms with Gasteiger partial charge in [0.15, 0.2) is 0 Å². The Kier molecular flexibility index (Phi) is 3.31. The van der Waals surface area contributed by atoms with E-state index in [2.05, 4.69) is 31.0 Å². The zero-order valence-electron chi connectivity index (χ0n) is 8.42. The third kappa shape index (κ3) is 1.70. The molecule has 13 heavy (non-hydrogen) atoms. The summed E-state index contributed by atoms with van der Waals surface area (Å²) in [5, 5.41) is 8.11. The van der Waals surface area contributed by atoms with Gasteiger partial charge in [-0.25, -0.2) is 0 Å². The first-order valence-electron chi connectivity index (χ1n) is 4.76. The summed E-state index contributed by atoms with van der Waals surface area (Å²) in [4.78, 5) is 0. The van der Waals surface area contributed by atoms with Gasteiger partial charge in [-0.1, -0.05) is 20.8 Å². The highest BCUT2D eigenvalue weighted by Crippen LogP contribution is 2.30. The van der Waals surface area contributed by atoms with Crippen molar-refractivity contribution >= 4 is 11.6 Å². The number of aromatic nitrogens is 3. The molecule has 0 N–H and O–H groups in total. The number of nitrogens with zero attached hydrogens (tertiary/aromatic N) is 3. The molecule has 0 fully saturated rings. The SMILES string of the molecule is CCC(CC)(CC)n1cnnc1Cl. The number of hydrogen-bond donors (Lipinski definition) is 0. The standard InChI is InChI=1S/C9H16ClN3/c1-4-9(5-2,6-3)13-7-11-12-8(13)10/h7H,4-6H2,1-3H3. The molecule has 74 valence electrons. The van der Waals surface area contributed by atoms with E-state index in [4.69, 9.17) is 11.6 Å². The van der Waals surface area contributed by atoms with Gasteiger partial charge in [-0.05, 0) is 30.9 Å². The minimum Gasteiger partial charge on any atom is -0.298 e. The molecule has 0 amide bonds. The van der Waals surface area contributed by atoms with E-state index in [9.17, 15) is 0 Å². The third-order valence-corrected chi connectivity index (χ3v) is 3.25. The molecular formula is C9H16ClN3. The van der Waals surface area contributed by atoms with Gasteiger partial charge in [0.2, 0.25) is 5.28 Å². The van der Waals surface area contributed by atoms with Gasteiger partial charge in [0.05, 0.1) is 0 Å². The summed E-state index contributed by atoms with van der Waals surface area (Å²) in [6.45, 7) is 6.51. The van der Waals surface area contributed by atoms with Crippen molar-refractivity contribution in [3.63, 3.8) is 0 Å². The topological polar surface area (TPSA) is 30.7 Å². The van der Waals surface area contributed by atoms with Gasteiger partial charge in [0.25, 0.3) is 0 Å². The Bertz CT molecular complexity index is 257. The maximum Gasteiger partial charge on any atom is 0.225 e. The number of rotatable bonds is 4. The first-order chi connectivity index (χ1) is 6.20. The number of hydrogen-bond acceptors (Lipinski definition) is 2. The molecule has 0 atom stereocenters. The van der Waals surface area contributed by atoms with Crippen molar-refractivity contribution in [3.05, 3.63) is 11.6 Å². The Hall–Kier alpha value is -0.570. The highest BCUT2D eigenvalue weighted by atomic mass is 35.5. The zero-order valence-corrected chi connectivity index (χ0v) is 9.17. The summed E-state index contributed by atoms with van der Waals surface area (Å²) in [6, 6.07) is 0. The van der Waals surface area contributed by atoms with Crippen LogP contribution in [-0.4, -0.2) is 14.8 Å². The monoisotopic (exact) mass is 201 g/mol. The quantitative estimate of drug-likeness (QED) is 0.750. The van der Waals surface area contributed by atoms with Crippen molar-refractivity contribution in [1.29, 1.82) is 0 Å². The van der Waals surface area contributed by atoms with Gasteiger partial charge in [0, 0.05) is 5.54 Å². The van der Waals surface area contributed by atoms with Crippen LogP contribution in [0.4, 0.5) is 0 Å². The molecule has 3 nitrogen and oxygen atoms in total. The van der Waals surface area contributed by atoms with Crippen LogP contribution in [0, 0.1) is 0 Å². The van der Waals surface area contributed by atoms with E-state index in [-0.39, 0.29) is 5.54 Å². The average Bonchev–Trinajstić information content (AvgIpc) is 2.57. The first-order valence-corrected chi connectivity index (χ1v) is 5.14. The minimum absolute atomic E-state index is 0.0978. The molecule has 0 unspecified atom stereocenters. The molecule has 0 aliphatic rings. The average molecular weight is 202 g/mol. The fourth-order valence-corrected chi connectivity index (χ4v) is 2.07. The van der Waals surface area contributed by atoms with Crippen molar-refractivity contribution < 1.29 is 0 Å². The molecule has 1 aromatic heterocycles. The van der Waals surface area contributed by atoms with Crippen molar-refractivity contribution in [2.45, 2.75) is 45.6 Å². The summed E-state index contributed by atoms with van der Waals surface area (Å²) < 4.78 is 1.98. The Balaban J connectivity index is 3.07. The molecule has 1 heterocycles. The van der Waals surface area contributed by atoms with Crippen LogP contribution in [0.2, 0.25) is 5.28 Å². The molecule has 0 aromatic carbocycles. The van der Waals surface area contributed by atoms with Crippen LogP contribution in [0.5, 0.6) is 0 Å². The summed E-state index contributed by atoms with van der Waals surface area (Å²) >= 11 is 5.95. The second-order valence-electron chi connectivity index (χ2n) is 3.25. The van der Waals surface area contributed by atoms with Gasteiger partial charge in [0.1, 0.15) is 6.33 Å². The second kappa shape index (κ2) is 4.09. The summed E-state index contributed by atoms with van der Waals surface area (Å²) in [5.41, 5.74) is 0.0978. The van der Waals surface area contributed by atoms with Gasteiger partial charge in [-0.3, -0.25) is 4.57 Å². The van der Waals surface area contributed by atoms with Crippen LogP contribution in [0.3, 0.4) is 0 Å². The first kappa shape index (κ1) is 10.5. The Morgan fingerprint density at radius 2 is 1.85 bits per heavy atom. The van der Waals surface area contributed by atoms with E-state index in [1.54, 1.807) is 6.33 Å². The predicted molar refractivity (Wildman–Crippen MR) is 53.9 cm³/mol. The van der Waals surface area contributed by atoms with Crippen molar-refractivity contribution in [2.24, 2.45) is 0 Å². The second-order valence-corrected chi connectivity index (χ2v) is 3.59. The van der Waals surface area contributed by atoms with E-state index >= 15 is 0 Å². The van der Waals surface area contributed by atoms with Crippen LogP contribution >= 0.6 is 11.6 Å². The lowest BCUT2D eigenvalue weighted by Gasteiger charge is -2.32. The molecule has 1 aromatic rings. The highest BCUT2D eigenvalue weighted by Gasteiger charge is 2.27. The molecule has 0 aliphatic carbocycles. The fraction of sp³-hybridized carbons (Fsp3) is 0.778. The lowest BCUT2D eigenvalue weighted by atomic mass is 9.90. The van der Waals surface area contributed by atoms with E-state index in [1.165, 1.54) is 0 Å². The zero-order chi connectivity index (χ0) is 9.90. The van der Waals surface area contributed by atoms with E-state index in [0.29, 0.717) is 5.28 Å². The Labute approximate surface area is 84.1 Å². The largest absolute Gasteiger partial charge is 0.298 e. The van der Waals surface area contributed by atoms with Gasteiger partial charge in [-0.15, -0.1) is 10.2 Å². The molecule has 4 heteroatoms. The third-order valence-electron chi connectivity index (χ3n) is 2.99. The van der Waals surface area contributed by atoms with E-state index < -0.39 is 0 Å². The predicted octanol–water partition coefficient (Wildman–Crippen LogP) is 2.86. The molecule has 0 spiro atoms. The maximum atomic E-state index is 5.95. The summed E-state index contributed by atoms with van der Waals surface area (Å²) in [6.07, 6.45) is 4.88. The lowest BCUT2D eigenvalue weighted by molar-refractivity contribution is 0.250. The van der Waals surface area contributed by atoms with Gasteiger partial charge in [-0.2, -0.15) is 0 Å². The van der Waals surface area contributed by atoms with Crippen LogP contribution in [0.25, 0.3) is 0 Å². The molecule has 1 rings (SSSR count). The Morgan fingerprint density at radius 3 is 2.15 bits per heavy atom. The highest BCUT2D eigenvalue weighted by molar-refractivity contribution is 6.28. The van der Waals surface area contributed by atoms with Crippen LogP contribution in [0.15, 0.2) is 6.33 Å². The summed E-state index contributed by atoms with van der Waals surface area (Å²) in [5.74, 6) is 0. The molecule has 0 saturated heterocycles. The van der Waals surface area contributed by atoms with Gasteiger partial charge < -0.3 is 0 Å². The Morgan fingerprint density at radius 1 is 1.31 bits per heavy atom. The smallest absolute Gasteiger partial charge is 0.225 e.